The van der Waals surface area contributed by atoms with E-state index < -0.39 is 5.97 Å². The maximum absolute atomic E-state index is 12.0. The molecular weight excluding hydrogens is 386 g/mol. The molecule has 1 aromatic carbocycles. The lowest BCUT2D eigenvalue weighted by Gasteiger charge is -2.14. The summed E-state index contributed by atoms with van der Waals surface area (Å²) in [7, 11) is 0. The second-order valence-corrected chi connectivity index (χ2v) is 8.44. The van der Waals surface area contributed by atoms with Gasteiger partial charge in [-0.15, -0.1) is 23.5 Å². The van der Waals surface area contributed by atoms with Crippen LogP contribution < -0.4 is 4.74 Å². The fraction of sp³-hybridized carbons (Fsp3) is 0.263. The molecule has 1 aliphatic heterocycles. The molecular formula is C19H17NO5S2. The number of carbonyl (C=O) groups is 1. The fourth-order valence-electron chi connectivity index (χ4n) is 2.59. The third-order valence-corrected chi connectivity index (χ3v) is 6.91. The average molecular weight is 403 g/mol. The van der Waals surface area contributed by atoms with Crippen molar-refractivity contribution in [3.63, 3.8) is 0 Å². The van der Waals surface area contributed by atoms with Crippen molar-refractivity contribution >= 4 is 29.5 Å². The first-order valence-corrected chi connectivity index (χ1v) is 10.5. The molecule has 6 nitrogen and oxygen atoms in total. The second-order valence-electron chi connectivity index (χ2n) is 5.72. The summed E-state index contributed by atoms with van der Waals surface area (Å²) in [4.78, 5) is 12.0. The Morgan fingerprint density at radius 3 is 2.81 bits per heavy atom. The zero-order valence-corrected chi connectivity index (χ0v) is 16.0. The van der Waals surface area contributed by atoms with E-state index >= 15 is 0 Å². The molecule has 27 heavy (non-hydrogen) atoms. The third kappa shape index (κ3) is 4.51. The number of hydrogen-bond acceptors (Lipinski definition) is 8. The lowest BCUT2D eigenvalue weighted by atomic mass is 10.2. The molecule has 3 heterocycles. The lowest BCUT2D eigenvalue weighted by molar-refractivity contribution is -0.147. The Kier molecular flexibility index (Phi) is 5.74. The summed E-state index contributed by atoms with van der Waals surface area (Å²) in [5, 5.41) is 3.87. The minimum absolute atomic E-state index is 0.0162. The molecule has 0 radical (unpaired) electrons. The molecule has 0 amide bonds. The topological polar surface area (TPSA) is 74.7 Å². The number of ether oxygens (including phenoxy) is 2. The molecule has 1 saturated heterocycles. The van der Waals surface area contributed by atoms with Gasteiger partial charge in [-0.05, 0) is 18.2 Å². The van der Waals surface area contributed by atoms with E-state index in [4.69, 9.17) is 18.4 Å². The molecule has 4 rings (SSSR count). The van der Waals surface area contributed by atoms with Crippen LogP contribution in [-0.2, 0) is 16.1 Å². The highest BCUT2D eigenvalue weighted by Crippen LogP contribution is 2.48. The van der Waals surface area contributed by atoms with Crippen LogP contribution in [0.5, 0.6) is 5.75 Å². The highest BCUT2D eigenvalue weighted by molar-refractivity contribution is 8.19. The molecule has 0 N–H and O–H groups in total. The standard InChI is InChI=1S/C19H17NO5S2/c21-18(24-11-13-10-17(25-20-13)16-6-3-7-22-16)12-23-15-5-2-1-4-14(15)19-26-8-9-27-19/h1-7,10,19H,8-9,11-12H2. The van der Waals surface area contributed by atoms with Crippen molar-refractivity contribution in [2.75, 3.05) is 18.1 Å². The van der Waals surface area contributed by atoms with Gasteiger partial charge in [-0.25, -0.2) is 4.79 Å². The van der Waals surface area contributed by atoms with Crippen LogP contribution in [0.1, 0.15) is 15.8 Å². The maximum Gasteiger partial charge on any atom is 0.344 e. The van der Waals surface area contributed by atoms with Crippen molar-refractivity contribution in [3.05, 3.63) is 60.0 Å². The zero-order valence-electron chi connectivity index (χ0n) is 14.3. The number of rotatable bonds is 7. The number of hydrogen-bond donors (Lipinski definition) is 0. The second kappa shape index (κ2) is 8.58. The predicted octanol–water partition coefficient (Wildman–Crippen LogP) is 4.54. The monoisotopic (exact) mass is 403 g/mol. The Morgan fingerprint density at radius 2 is 2.00 bits per heavy atom. The molecule has 1 fully saturated rings. The summed E-state index contributed by atoms with van der Waals surface area (Å²) in [6.07, 6.45) is 1.55. The van der Waals surface area contributed by atoms with E-state index in [1.165, 1.54) is 0 Å². The van der Waals surface area contributed by atoms with E-state index in [1.807, 2.05) is 47.8 Å². The molecule has 3 aromatic rings. The van der Waals surface area contributed by atoms with Gasteiger partial charge in [-0.2, -0.15) is 0 Å². The Hall–Kier alpha value is -2.32. The Bertz CT molecular complexity index is 887. The molecule has 1 aliphatic rings. The van der Waals surface area contributed by atoms with Crippen molar-refractivity contribution in [1.82, 2.24) is 5.16 Å². The van der Waals surface area contributed by atoms with E-state index in [2.05, 4.69) is 5.16 Å². The number of furan rings is 1. The van der Waals surface area contributed by atoms with Crippen LogP contribution in [0.3, 0.4) is 0 Å². The number of benzene rings is 1. The minimum atomic E-state index is -0.459. The zero-order chi connectivity index (χ0) is 18.5. The van der Waals surface area contributed by atoms with Gasteiger partial charge in [0.15, 0.2) is 12.4 Å². The summed E-state index contributed by atoms with van der Waals surface area (Å²) >= 11 is 3.79. The van der Waals surface area contributed by atoms with Crippen molar-refractivity contribution in [1.29, 1.82) is 0 Å². The minimum Gasteiger partial charge on any atom is -0.482 e. The van der Waals surface area contributed by atoms with Gasteiger partial charge in [0, 0.05) is 23.1 Å². The Balaban J connectivity index is 1.29. The predicted molar refractivity (Wildman–Crippen MR) is 104 cm³/mol. The normalized spacial score (nSPS) is 14.4. The molecule has 0 aliphatic carbocycles. The van der Waals surface area contributed by atoms with E-state index in [0.29, 0.717) is 21.8 Å². The Morgan fingerprint density at radius 1 is 1.15 bits per heavy atom. The van der Waals surface area contributed by atoms with E-state index in [-0.39, 0.29) is 13.2 Å². The quantitative estimate of drug-likeness (QED) is 0.533. The molecule has 0 spiro atoms. The number of para-hydroxylation sites is 1. The highest BCUT2D eigenvalue weighted by atomic mass is 32.2. The van der Waals surface area contributed by atoms with Gasteiger partial charge in [0.05, 0.1) is 10.8 Å². The van der Waals surface area contributed by atoms with Crippen LogP contribution in [0.15, 0.2) is 57.7 Å². The summed E-state index contributed by atoms with van der Waals surface area (Å²) in [5.41, 5.74) is 1.62. The van der Waals surface area contributed by atoms with Crippen LogP contribution in [0.2, 0.25) is 0 Å². The number of aromatic nitrogens is 1. The first-order valence-electron chi connectivity index (χ1n) is 8.39. The van der Waals surface area contributed by atoms with E-state index in [9.17, 15) is 4.79 Å². The van der Waals surface area contributed by atoms with Crippen molar-refractivity contribution in [3.8, 4) is 17.3 Å². The summed E-state index contributed by atoms with van der Waals surface area (Å²) in [6.45, 7) is -0.135. The van der Waals surface area contributed by atoms with Crippen molar-refractivity contribution in [2.45, 2.75) is 11.2 Å². The van der Waals surface area contributed by atoms with Crippen molar-refractivity contribution in [2.24, 2.45) is 0 Å². The molecule has 0 unspecified atom stereocenters. The van der Waals surface area contributed by atoms with Gasteiger partial charge in [-0.1, -0.05) is 23.4 Å². The average Bonchev–Trinajstić information content (AvgIpc) is 3.46. The number of esters is 1. The van der Waals surface area contributed by atoms with Gasteiger partial charge in [0.25, 0.3) is 0 Å². The van der Waals surface area contributed by atoms with Gasteiger partial charge in [0.2, 0.25) is 5.76 Å². The number of nitrogens with zero attached hydrogens (tertiary/aromatic N) is 1. The van der Waals surface area contributed by atoms with Crippen molar-refractivity contribution < 1.29 is 23.2 Å². The van der Waals surface area contributed by atoms with Gasteiger partial charge in [0.1, 0.15) is 18.1 Å². The van der Waals surface area contributed by atoms with Crippen LogP contribution in [0.4, 0.5) is 0 Å². The molecule has 0 bridgehead atoms. The summed E-state index contributed by atoms with van der Waals surface area (Å²) in [6, 6.07) is 13.0. The van der Waals surface area contributed by atoms with E-state index in [0.717, 1.165) is 22.8 Å². The molecule has 8 heteroatoms. The van der Waals surface area contributed by atoms with E-state index in [1.54, 1.807) is 24.5 Å². The summed E-state index contributed by atoms with van der Waals surface area (Å²) in [5.74, 6) is 3.58. The van der Waals surface area contributed by atoms with Crippen LogP contribution in [0.25, 0.3) is 11.5 Å². The largest absolute Gasteiger partial charge is 0.482 e. The van der Waals surface area contributed by atoms with Gasteiger partial charge in [-0.3, -0.25) is 0 Å². The van der Waals surface area contributed by atoms with Crippen LogP contribution >= 0.6 is 23.5 Å². The number of thioether (sulfide) groups is 2. The lowest BCUT2D eigenvalue weighted by Crippen LogP contribution is -2.15. The first kappa shape index (κ1) is 18.1. The molecule has 2 aromatic heterocycles. The number of carbonyl (C=O) groups excluding carboxylic acids is 1. The first-order chi connectivity index (χ1) is 13.3. The van der Waals surface area contributed by atoms with Crippen LogP contribution in [-0.4, -0.2) is 29.2 Å². The third-order valence-electron chi connectivity index (χ3n) is 3.84. The Labute approximate surface area is 164 Å². The van der Waals surface area contributed by atoms with Gasteiger partial charge >= 0.3 is 5.97 Å². The molecule has 140 valence electrons. The maximum atomic E-state index is 12.0. The highest BCUT2D eigenvalue weighted by Gasteiger charge is 2.22. The fourth-order valence-corrected chi connectivity index (χ4v) is 5.50. The smallest absolute Gasteiger partial charge is 0.344 e. The van der Waals surface area contributed by atoms with Crippen LogP contribution in [0, 0.1) is 0 Å². The molecule has 0 atom stereocenters. The summed E-state index contributed by atoms with van der Waals surface area (Å²) < 4.78 is 21.7. The molecule has 0 saturated carbocycles. The SMILES string of the molecule is O=C(COc1ccccc1C1SCCS1)OCc1cc(-c2ccco2)on1. The van der Waals surface area contributed by atoms with Gasteiger partial charge < -0.3 is 18.4 Å².